The van der Waals surface area contributed by atoms with E-state index in [0.29, 0.717) is 13.1 Å². The number of benzene rings is 1. The number of rotatable bonds is 5. The number of nitriles is 2. The largest absolute Gasteiger partial charge is 0.461 e. The molecule has 1 heterocycles. The van der Waals surface area contributed by atoms with E-state index in [4.69, 9.17) is 15.3 Å². The van der Waals surface area contributed by atoms with Crippen molar-refractivity contribution in [3.8, 4) is 12.1 Å². The van der Waals surface area contributed by atoms with Gasteiger partial charge in [-0.2, -0.15) is 10.5 Å². The van der Waals surface area contributed by atoms with Crippen molar-refractivity contribution >= 4 is 11.9 Å². The average molecular weight is 324 g/mol. The van der Waals surface area contributed by atoms with Crippen LogP contribution in [0.2, 0.25) is 0 Å². The molecule has 1 unspecified atom stereocenters. The van der Waals surface area contributed by atoms with Crippen molar-refractivity contribution in [3.05, 3.63) is 47.7 Å². The van der Waals surface area contributed by atoms with Crippen LogP contribution in [-0.4, -0.2) is 35.9 Å². The predicted molar refractivity (Wildman–Crippen MR) is 83.7 cm³/mol. The third-order valence-electron chi connectivity index (χ3n) is 3.51. The maximum Gasteiger partial charge on any atom is 0.308 e. The molecule has 1 N–H and O–H groups in total. The summed E-state index contributed by atoms with van der Waals surface area (Å²) in [5.74, 6) is -0.848. The predicted octanol–water partition coefficient (Wildman–Crippen LogP) is 0.851. The van der Waals surface area contributed by atoms with Gasteiger partial charge in [-0.25, -0.2) is 0 Å². The summed E-state index contributed by atoms with van der Waals surface area (Å²) >= 11 is 0. The maximum absolute atomic E-state index is 12.0. The van der Waals surface area contributed by atoms with E-state index >= 15 is 0 Å². The van der Waals surface area contributed by atoms with Crippen molar-refractivity contribution in [1.82, 2.24) is 10.2 Å². The van der Waals surface area contributed by atoms with Crippen LogP contribution in [0.5, 0.6) is 0 Å². The summed E-state index contributed by atoms with van der Waals surface area (Å²) in [5.41, 5.74) is 0.735. The van der Waals surface area contributed by atoms with Gasteiger partial charge in [0.1, 0.15) is 30.4 Å². The van der Waals surface area contributed by atoms with E-state index in [-0.39, 0.29) is 24.5 Å². The van der Waals surface area contributed by atoms with E-state index in [1.165, 1.54) is 11.1 Å². The third-order valence-corrected chi connectivity index (χ3v) is 3.51. The summed E-state index contributed by atoms with van der Waals surface area (Å²) in [6.45, 7) is 0.926. The Hall–Kier alpha value is -3.32. The van der Waals surface area contributed by atoms with Crippen LogP contribution in [0.4, 0.5) is 0 Å². The highest BCUT2D eigenvalue weighted by molar-refractivity contribution is 5.87. The van der Waals surface area contributed by atoms with Gasteiger partial charge >= 0.3 is 5.97 Å². The van der Waals surface area contributed by atoms with Crippen LogP contribution < -0.4 is 5.32 Å². The number of hydrogen-bond donors (Lipinski definition) is 1. The van der Waals surface area contributed by atoms with Crippen LogP contribution in [0.3, 0.4) is 0 Å². The molecular weight excluding hydrogens is 308 g/mol. The second kappa shape index (κ2) is 8.35. The zero-order valence-corrected chi connectivity index (χ0v) is 12.9. The lowest BCUT2D eigenvalue weighted by atomic mass is 10.1. The smallest absolute Gasteiger partial charge is 0.308 e. The first-order valence-corrected chi connectivity index (χ1v) is 7.39. The molecule has 7 nitrogen and oxygen atoms in total. The molecule has 0 radical (unpaired) electrons. The molecule has 1 aromatic carbocycles. The Balaban J connectivity index is 2.00. The molecule has 1 aliphatic rings. The second-order valence-electron chi connectivity index (χ2n) is 5.16. The van der Waals surface area contributed by atoms with Gasteiger partial charge in [0.2, 0.25) is 5.91 Å². The Morgan fingerprint density at radius 1 is 1.33 bits per heavy atom. The van der Waals surface area contributed by atoms with E-state index < -0.39 is 12.0 Å². The first-order valence-electron chi connectivity index (χ1n) is 7.39. The lowest BCUT2D eigenvalue weighted by molar-refractivity contribution is -0.148. The lowest BCUT2D eigenvalue weighted by Gasteiger charge is -2.33. The van der Waals surface area contributed by atoms with E-state index in [9.17, 15) is 9.59 Å². The molecule has 0 aromatic heterocycles. The molecule has 122 valence electrons. The van der Waals surface area contributed by atoms with Crippen molar-refractivity contribution in [2.45, 2.75) is 19.1 Å². The Labute approximate surface area is 139 Å². The molecule has 1 atom stereocenters. The number of nitrogens with zero attached hydrogens (tertiary/aromatic N) is 3. The Morgan fingerprint density at radius 3 is 2.71 bits per heavy atom. The number of piperazine rings is 1. The number of esters is 1. The molecule has 1 fully saturated rings. The average Bonchev–Trinajstić information content (AvgIpc) is 2.61. The third kappa shape index (κ3) is 4.59. The normalized spacial score (nSPS) is 16.3. The highest BCUT2D eigenvalue weighted by atomic mass is 16.5. The fourth-order valence-corrected chi connectivity index (χ4v) is 2.30. The maximum atomic E-state index is 12.0. The molecule has 0 bridgehead atoms. The fraction of sp³-hybridized carbons (Fsp3) is 0.294. The molecular formula is C17H16N4O3. The number of nitrogens with one attached hydrogen (secondary N) is 1. The lowest BCUT2D eigenvalue weighted by Crippen LogP contribution is -2.54. The molecule has 24 heavy (non-hydrogen) atoms. The SMILES string of the molecule is N#CC(C#N)=CN1CCNC(=O)C1CC(=O)OCc1ccccc1. The van der Waals surface area contributed by atoms with Crippen molar-refractivity contribution in [2.24, 2.45) is 0 Å². The summed E-state index contributed by atoms with van der Waals surface area (Å²) in [6, 6.07) is 11.9. The quantitative estimate of drug-likeness (QED) is 0.636. The molecule has 0 aliphatic carbocycles. The number of amides is 1. The van der Waals surface area contributed by atoms with Crippen molar-refractivity contribution in [1.29, 1.82) is 10.5 Å². The summed E-state index contributed by atoms with van der Waals surface area (Å²) in [5, 5.41) is 20.3. The molecule has 0 saturated carbocycles. The zero-order valence-electron chi connectivity index (χ0n) is 12.9. The van der Waals surface area contributed by atoms with E-state index in [2.05, 4.69) is 5.32 Å². The number of ether oxygens (including phenoxy) is 1. The van der Waals surface area contributed by atoms with Crippen LogP contribution >= 0.6 is 0 Å². The zero-order chi connectivity index (χ0) is 17.4. The highest BCUT2D eigenvalue weighted by Gasteiger charge is 2.31. The van der Waals surface area contributed by atoms with Crippen LogP contribution in [0.15, 0.2) is 42.1 Å². The molecule has 1 aromatic rings. The minimum absolute atomic E-state index is 0.118. The van der Waals surface area contributed by atoms with Crippen molar-refractivity contribution in [3.63, 3.8) is 0 Å². The van der Waals surface area contributed by atoms with Crippen molar-refractivity contribution < 1.29 is 14.3 Å². The number of carbonyl (C=O) groups is 2. The minimum Gasteiger partial charge on any atom is -0.461 e. The van der Waals surface area contributed by atoms with Gasteiger partial charge in [-0.15, -0.1) is 0 Å². The summed E-state index contributed by atoms with van der Waals surface area (Å²) < 4.78 is 5.19. The molecule has 1 saturated heterocycles. The van der Waals surface area contributed by atoms with Crippen LogP contribution in [0.1, 0.15) is 12.0 Å². The molecule has 7 heteroatoms. The van der Waals surface area contributed by atoms with Gasteiger partial charge in [-0.3, -0.25) is 9.59 Å². The number of carbonyl (C=O) groups excluding carboxylic acids is 2. The first-order chi connectivity index (χ1) is 11.6. The topological polar surface area (TPSA) is 106 Å². The Bertz CT molecular complexity index is 700. The second-order valence-corrected chi connectivity index (χ2v) is 5.16. The Kier molecular flexibility index (Phi) is 5.93. The number of hydrogen-bond acceptors (Lipinski definition) is 6. The van der Waals surface area contributed by atoms with Gasteiger partial charge in [0.25, 0.3) is 0 Å². The standard InChI is InChI=1S/C17H16N4O3/c18-9-14(10-19)11-21-7-6-20-17(23)15(21)8-16(22)24-12-13-4-2-1-3-5-13/h1-5,11,15H,6-8,12H2,(H,20,23). The van der Waals surface area contributed by atoms with Gasteiger partial charge < -0.3 is 15.0 Å². The minimum atomic E-state index is -0.793. The van der Waals surface area contributed by atoms with E-state index in [1.807, 2.05) is 30.3 Å². The van der Waals surface area contributed by atoms with Crippen LogP contribution in [-0.2, 0) is 20.9 Å². The summed E-state index contributed by atoms with van der Waals surface area (Å²) in [6.07, 6.45) is 1.16. The highest BCUT2D eigenvalue weighted by Crippen LogP contribution is 2.13. The van der Waals surface area contributed by atoms with E-state index in [0.717, 1.165) is 5.56 Å². The van der Waals surface area contributed by atoms with Crippen LogP contribution in [0, 0.1) is 22.7 Å². The van der Waals surface area contributed by atoms with Gasteiger partial charge in [0.15, 0.2) is 0 Å². The monoisotopic (exact) mass is 324 g/mol. The molecule has 1 amide bonds. The summed E-state index contributed by atoms with van der Waals surface area (Å²) in [7, 11) is 0. The molecule has 0 spiro atoms. The molecule has 2 rings (SSSR count). The Morgan fingerprint density at radius 2 is 2.04 bits per heavy atom. The van der Waals surface area contributed by atoms with Gasteiger partial charge in [-0.05, 0) is 5.56 Å². The first kappa shape index (κ1) is 17.0. The molecule has 1 aliphatic heterocycles. The van der Waals surface area contributed by atoms with Gasteiger partial charge in [0, 0.05) is 19.3 Å². The van der Waals surface area contributed by atoms with Gasteiger partial charge in [-0.1, -0.05) is 30.3 Å². The van der Waals surface area contributed by atoms with E-state index in [1.54, 1.807) is 12.1 Å². The fourth-order valence-electron chi connectivity index (χ4n) is 2.30. The number of allylic oxidation sites excluding steroid dienone is 1. The van der Waals surface area contributed by atoms with Crippen molar-refractivity contribution in [2.75, 3.05) is 13.1 Å². The summed E-state index contributed by atoms with van der Waals surface area (Å²) in [4.78, 5) is 25.6. The van der Waals surface area contributed by atoms with Gasteiger partial charge in [0.05, 0.1) is 6.42 Å². The van der Waals surface area contributed by atoms with Crippen LogP contribution in [0.25, 0.3) is 0 Å².